The van der Waals surface area contributed by atoms with Crippen molar-refractivity contribution in [3.63, 3.8) is 0 Å². The van der Waals surface area contributed by atoms with Crippen molar-refractivity contribution in [2.75, 3.05) is 23.8 Å². The van der Waals surface area contributed by atoms with Gasteiger partial charge in [-0.3, -0.25) is 14.4 Å². The first-order valence-electron chi connectivity index (χ1n) is 11.8. The molecule has 0 heterocycles. The Labute approximate surface area is 215 Å². The fraction of sp³-hybridized carbons (Fsp3) is 0.214. The van der Waals surface area contributed by atoms with Crippen LogP contribution in [0.25, 0.3) is 0 Å². The second-order valence-corrected chi connectivity index (χ2v) is 8.18. The lowest BCUT2D eigenvalue weighted by atomic mass is 10.1. The molecule has 0 aromatic heterocycles. The van der Waals surface area contributed by atoms with Gasteiger partial charge in [0, 0.05) is 11.4 Å². The summed E-state index contributed by atoms with van der Waals surface area (Å²) >= 11 is 0. The van der Waals surface area contributed by atoms with Crippen LogP contribution in [0.5, 0.6) is 11.5 Å². The van der Waals surface area contributed by atoms with Crippen molar-refractivity contribution < 1.29 is 23.9 Å². The van der Waals surface area contributed by atoms with Crippen LogP contribution in [-0.2, 0) is 14.4 Å². The van der Waals surface area contributed by atoms with Gasteiger partial charge in [0.25, 0.3) is 5.91 Å². The average Bonchev–Trinajstić information content (AvgIpc) is 2.90. The summed E-state index contributed by atoms with van der Waals surface area (Å²) in [6.45, 7) is 6.36. The van der Waals surface area contributed by atoms with Gasteiger partial charge in [-0.05, 0) is 79.4 Å². The zero-order valence-corrected chi connectivity index (χ0v) is 21.0. The van der Waals surface area contributed by atoms with Crippen LogP contribution in [0, 0.1) is 13.8 Å². The van der Waals surface area contributed by atoms with E-state index >= 15 is 0 Å². The molecule has 0 aliphatic heterocycles. The van der Waals surface area contributed by atoms with Crippen LogP contribution >= 0.6 is 0 Å². The normalized spacial score (nSPS) is 10.6. The predicted molar refractivity (Wildman–Crippen MR) is 143 cm³/mol. The Morgan fingerprint density at radius 3 is 2.38 bits per heavy atom. The first-order chi connectivity index (χ1) is 17.9. The fourth-order valence-electron chi connectivity index (χ4n) is 3.16. The number of ether oxygens (including phenoxy) is 2. The third kappa shape index (κ3) is 8.50. The van der Waals surface area contributed by atoms with Crippen molar-refractivity contribution >= 4 is 35.3 Å². The van der Waals surface area contributed by atoms with Gasteiger partial charge in [0.05, 0.1) is 12.8 Å². The molecule has 192 valence electrons. The van der Waals surface area contributed by atoms with Crippen molar-refractivity contribution in [2.45, 2.75) is 27.2 Å². The largest absolute Gasteiger partial charge is 0.494 e. The topological polar surface area (TPSA) is 118 Å². The smallest absolute Gasteiger partial charge is 0.329 e. The van der Waals surface area contributed by atoms with Gasteiger partial charge >= 0.3 is 11.8 Å². The Hall–Kier alpha value is -4.66. The minimum absolute atomic E-state index is 0.170. The Kier molecular flexibility index (Phi) is 9.78. The van der Waals surface area contributed by atoms with Crippen molar-refractivity contribution in [1.29, 1.82) is 0 Å². The van der Waals surface area contributed by atoms with Crippen molar-refractivity contribution in [1.82, 2.24) is 5.43 Å². The molecule has 0 aliphatic carbocycles. The molecular formula is C28H30N4O5. The lowest BCUT2D eigenvalue weighted by Crippen LogP contribution is -2.32. The molecular weight excluding hydrogens is 472 g/mol. The van der Waals surface area contributed by atoms with E-state index in [1.54, 1.807) is 48.5 Å². The molecule has 0 radical (unpaired) electrons. The van der Waals surface area contributed by atoms with Gasteiger partial charge in [-0.15, -0.1) is 0 Å². The molecule has 0 saturated carbocycles. The number of hydrogen-bond acceptors (Lipinski definition) is 6. The van der Waals surface area contributed by atoms with Gasteiger partial charge in [-0.25, -0.2) is 5.43 Å². The first-order valence-corrected chi connectivity index (χ1v) is 11.8. The number of anilines is 2. The van der Waals surface area contributed by atoms with E-state index in [9.17, 15) is 14.4 Å². The zero-order valence-electron chi connectivity index (χ0n) is 21.0. The number of nitrogens with zero attached hydrogens (tertiary/aromatic N) is 1. The SMILES string of the molecule is CCCOc1ccc(NC(=O)C(=O)N/N=C\c2cccc(OCC(=O)Nc3cccc(C)c3C)c2)cc1. The van der Waals surface area contributed by atoms with Gasteiger partial charge in [0.15, 0.2) is 6.61 Å². The van der Waals surface area contributed by atoms with E-state index < -0.39 is 11.8 Å². The molecule has 9 heteroatoms. The lowest BCUT2D eigenvalue weighted by Gasteiger charge is -2.11. The highest BCUT2D eigenvalue weighted by Crippen LogP contribution is 2.18. The molecule has 3 rings (SSSR count). The van der Waals surface area contributed by atoms with Crippen LogP contribution in [-0.4, -0.2) is 37.1 Å². The van der Waals surface area contributed by atoms with Crippen molar-refractivity contribution in [2.24, 2.45) is 5.10 Å². The van der Waals surface area contributed by atoms with E-state index in [2.05, 4.69) is 21.2 Å². The zero-order chi connectivity index (χ0) is 26.6. The molecule has 0 saturated heterocycles. The first kappa shape index (κ1) is 26.9. The maximum Gasteiger partial charge on any atom is 0.329 e. The Morgan fingerprint density at radius 2 is 1.62 bits per heavy atom. The van der Waals surface area contributed by atoms with Crippen LogP contribution < -0.4 is 25.5 Å². The number of hydrogen-bond donors (Lipinski definition) is 3. The molecule has 0 spiro atoms. The van der Waals surface area contributed by atoms with Gasteiger partial charge in [0.2, 0.25) is 0 Å². The maximum absolute atomic E-state index is 12.3. The minimum atomic E-state index is -0.918. The third-order valence-electron chi connectivity index (χ3n) is 5.28. The quantitative estimate of drug-likeness (QED) is 0.218. The van der Waals surface area contributed by atoms with Gasteiger partial charge in [-0.2, -0.15) is 5.10 Å². The molecule has 0 unspecified atom stereocenters. The Balaban J connectivity index is 1.46. The number of amides is 3. The van der Waals surface area contributed by atoms with E-state index in [4.69, 9.17) is 9.47 Å². The van der Waals surface area contributed by atoms with Gasteiger partial charge < -0.3 is 20.1 Å². The fourth-order valence-corrected chi connectivity index (χ4v) is 3.16. The number of aryl methyl sites for hydroxylation is 1. The van der Waals surface area contributed by atoms with E-state index in [0.29, 0.717) is 29.4 Å². The maximum atomic E-state index is 12.3. The molecule has 3 aromatic rings. The highest BCUT2D eigenvalue weighted by atomic mass is 16.5. The number of hydrazone groups is 1. The summed E-state index contributed by atoms with van der Waals surface area (Å²) < 4.78 is 11.1. The summed E-state index contributed by atoms with van der Waals surface area (Å²) in [7, 11) is 0. The number of rotatable bonds is 10. The van der Waals surface area contributed by atoms with Gasteiger partial charge in [-0.1, -0.05) is 31.2 Å². The molecule has 3 N–H and O–H groups in total. The van der Waals surface area contributed by atoms with Crippen molar-refractivity contribution in [3.05, 3.63) is 83.4 Å². The Bertz CT molecular complexity index is 1270. The molecule has 9 nitrogen and oxygen atoms in total. The van der Waals surface area contributed by atoms with Crippen LogP contribution in [0.3, 0.4) is 0 Å². The van der Waals surface area contributed by atoms with E-state index in [-0.39, 0.29) is 12.5 Å². The number of benzene rings is 3. The molecule has 0 aliphatic rings. The summed E-state index contributed by atoms with van der Waals surface area (Å²) in [5.41, 5.74) is 6.08. The monoisotopic (exact) mass is 502 g/mol. The number of carbonyl (C=O) groups is 3. The lowest BCUT2D eigenvalue weighted by molar-refractivity contribution is -0.136. The minimum Gasteiger partial charge on any atom is -0.494 e. The molecule has 0 fully saturated rings. The molecule has 0 atom stereocenters. The second kappa shape index (κ2) is 13.4. The predicted octanol–water partition coefficient (Wildman–Crippen LogP) is 4.20. The van der Waals surface area contributed by atoms with Crippen LogP contribution in [0.1, 0.15) is 30.0 Å². The summed E-state index contributed by atoms with van der Waals surface area (Å²) in [5.74, 6) is -0.920. The summed E-state index contributed by atoms with van der Waals surface area (Å²) in [6, 6.07) is 19.2. The molecule has 3 aromatic carbocycles. The summed E-state index contributed by atoms with van der Waals surface area (Å²) in [4.78, 5) is 36.4. The molecule has 0 bridgehead atoms. The second-order valence-electron chi connectivity index (χ2n) is 8.18. The van der Waals surface area contributed by atoms with Crippen LogP contribution in [0.2, 0.25) is 0 Å². The van der Waals surface area contributed by atoms with E-state index in [1.165, 1.54) is 6.21 Å². The number of carbonyl (C=O) groups excluding carboxylic acids is 3. The molecule has 37 heavy (non-hydrogen) atoms. The molecule has 3 amide bonds. The number of nitrogens with one attached hydrogen (secondary N) is 3. The Morgan fingerprint density at radius 1 is 0.865 bits per heavy atom. The van der Waals surface area contributed by atoms with Crippen LogP contribution in [0.4, 0.5) is 11.4 Å². The highest BCUT2D eigenvalue weighted by molar-refractivity contribution is 6.39. The average molecular weight is 503 g/mol. The summed E-state index contributed by atoms with van der Waals surface area (Å²) in [5, 5.41) is 9.16. The summed E-state index contributed by atoms with van der Waals surface area (Å²) in [6.07, 6.45) is 2.26. The standard InChI is InChI=1S/C28H30N4O5/c1-4-15-36-23-13-11-22(12-14-23)30-27(34)28(35)32-29-17-21-8-6-9-24(16-21)37-18-26(33)31-25-10-5-7-19(2)20(25)3/h5-14,16-17H,4,15,18H2,1-3H3,(H,30,34)(H,31,33)(H,32,35)/b29-17-. The van der Waals surface area contributed by atoms with Crippen molar-refractivity contribution in [3.8, 4) is 11.5 Å². The van der Waals surface area contributed by atoms with E-state index in [0.717, 1.165) is 23.2 Å². The third-order valence-corrected chi connectivity index (χ3v) is 5.28. The van der Waals surface area contributed by atoms with Crippen LogP contribution in [0.15, 0.2) is 71.8 Å². The van der Waals surface area contributed by atoms with Gasteiger partial charge in [0.1, 0.15) is 11.5 Å². The van der Waals surface area contributed by atoms with E-state index in [1.807, 2.05) is 39.0 Å². The highest BCUT2D eigenvalue weighted by Gasteiger charge is 2.13.